The number of aliphatic hydroxyl groups excluding tert-OH is 1. The summed E-state index contributed by atoms with van der Waals surface area (Å²) in [5, 5.41) is 22.1. The van der Waals surface area contributed by atoms with Crippen molar-refractivity contribution in [1.82, 2.24) is 5.32 Å². The van der Waals surface area contributed by atoms with Gasteiger partial charge in [0.1, 0.15) is 11.6 Å². The third-order valence-corrected chi connectivity index (χ3v) is 3.53. The Kier molecular flexibility index (Phi) is 3.35. The number of aromatic hydroxyl groups is 1. The Balaban J connectivity index is 1.97. The van der Waals surface area contributed by atoms with Crippen molar-refractivity contribution in [1.29, 1.82) is 0 Å². The topological polar surface area (TPSA) is 52.5 Å². The number of hydrogen-bond acceptors (Lipinski definition) is 3. The van der Waals surface area contributed by atoms with Gasteiger partial charge in [-0.1, -0.05) is 6.07 Å². The molecule has 0 radical (unpaired) electrons. The van der Waals surface area contributed by atoms with Crippen molar-refractivity contribution >= 4 is 0 Å². The summed E-state index contributed by atoms with van der Waals surface area (Å²) in [4.78, 5) is 0. The maximum atomic E-state index is 12.8. The van der Waals surface area contributed by atoms with Crippen LogP contribution in [0.25, 0.3) is 0 Å². The molecule has 94 valence electrons. The Bertz CT molecular complexity index is 404. The SMILES string of the molecule is CC(NCC1(CO)CC1)c1ccc(F)cc1O. The summed E-state index contributed by atoms with van der Waals surface area (Å²) >= 11 is 0. The van der Waals surface area contributed by atoms with Gasteiger partial charge in [-0.05, 0) is 25.8 Å². The molecule has 4 heteroatoms. The van der Waals surface area contributed by atoms with Gasteiger partial charge in [0.05, 0.1) is 0 Å². The predicted octanol–water partition coefficient (Wildman–Crippen LogP) is 1.95. The minimum absolute atomic E-state index is 0.0288. The Morgan fingerprint density at radius 2 is 2.18 bits per heavy atom. The van der Waals surface area contributed by atoms with Crippen LogP contribution in [0, 0.1) is 11.2 Å². The molecule has 0 saturated heterocycles. The van der Waals surface area contributed by atoms with Crippen molar-refractivity contribution in [2.45, 2.75) is 25.8 Å². The Morgan fingerprint density at radius 1 is 1.47 bits per heavy atom. The molecule has 1 aliphatic rings. The minimum atomic E-state index is -0.438. The third-order valence-electron chi connectivity index (χ3n) is 3.53. The van der Waals surface area contributed by atoms with E-state index in [9.17, 15) is 14.6 Å². The van der Waals surface area contributed by atoms with Gasteiger partial charge in [0.15, 0.2) is 0 Å². The van der Waals surface area contributed by atoms with E-state index in [2.05, 4.69) is 5.32 Å². The summed E-state index contributed by atoms with van der Waals surface area (Å²) < 4.78 is 12.8. The van der Waals surface area contributed by atoms with Crippen molar-refractivity contribution in [3.63, 3.8) is 0 Å². The maximum absolute atomic E-state index is 12.8. The van der Waals surface area contributed by atoms with E-state index in [0.29, 0.717) is 5.56 Å². The van der Waals surface area contributed by atoms with E-state index in [1.165, 1.54) is 6.07 Å². The maximum Gasteiger partial charge on any atom is 0.126 e. The van der Waals surface area contributed by atoms with Crippen LogP contribution in [0.1, 0.15) is 31.4 Å². The fourth-order valence-corrected chi connectivity index (χ4v) is 1.93. The molecular weight excluding hydrogens is 221 g/mol. The van der Waals surface area contributed by atoms with E-state index in [1.807, 2.05) is 6.92 Å². The highest BCUT2D eigenvalue weighted by Gasteiger charge is 2.41. The number of hydrogen-bond donors (Lipinski definition) is 3. The summed E-state index contributed by atoms with van der Waals surface area (Å²) in [6.07, 6.45) is 2.08. The van der Waals surface area contributed by atoms with E-state index < -0.39 is 5.82 Å². The summed E-state index contributed by atoms with van der Waals surface area (Å²) in [6.45, 7) is 2.84. The highest BCUT2D eigenvalue weighted by atomic mass is 19.1. The number of phenolic OH excluding ortho intramolecular Hbond substituents is 1. The lowest BCUT2D eigenvalue weighted by Crippen LogP contribution is -2.28. The summed E-state index contributed by atoms with van der Waals surface area (Å²) in [5.74, 6) is -0.466. The van der Waals surface area contributed by atoms with E-state index in [4.69, 9.17) is 0 Å². The number of halogens is 1. The van der Waals surface area contributed by atoms with Gasteiger partial charge in [0.25, 0.3) is 0 Å². The van der Waals surface area contributed by atoms with Crippen LogP contribution in [0.4, 0.5) is 4.39 Å². The molecule has 1 unspecified atom stereocenters. The van der Waals surface area contributed by atoms with Crippen molar-refractivity contribution in [3.05, 3.63) is 29.6 Å². The summed E-state index contributed by atoms with van der Waals surface area (Å²) in [6, 6.07) is 3.99. The Hall–Kier alpha value is -1.13. The monoisotopic (exact) mass is 239 g/mol. The van der Waals surface area contributed by atoms with E-state index in [1.54, 1.807) is 6.07 Å². The number of rotatable bonds is 5. The molecule has 0 heterocycles. The first kappa shape index (κ1) is 12.3. The molecular formula is C13H18FNO2. The lowest BCUT2D eigenvalue weighted by atomic mass is 10.0. The number of nitrogens with one attached hydrogen (secondary N) is 1. The Morgan fingerprint density at radius 3 is 2.71 bits per heavy atom. The van der Waals surface area contributed by atoms with E-state index in [0.717, 1.165) is 25.5 Å². The van der Waals surface area contributed by atoms with Crippen LogP contribution in [-0.2, 0) is 0 Å². The molecule has 0 amide bonds. The van der Waals surface area contributed by atoms with Crippen LogP contribution in [0.5, 0.6) is 5.75 Å². The second kappa shape index (κ2) is 4.63. The highest BCUT2D eigenvalue weighted by molar-refractivity contribution is 5.34. The molecule has 2 rings (SSSR count). The fraction of sp³-hybridized carbons (Fsp3) is 0.538. The third kappa shape index (κ3) is 2.76. The van der Waals surface area contributed by atoms with Crippen LogP contribution in [-0.4, -0.2) is 23.4 Å². The zero-order chi connectivity index (χ0) is 12.5. The average Bonchev–Trinajstić information content (AvgIpc) is 3.07. The predicted molar refractivity (Wildman–Crippen MR) is 63.2 cm³/mol. The first-order valence-corrected chi connectivity index (χ1v) is 5.89. The number of aliphatic hydroxyl groups is 1. The first-order chi connectivity index (χ1) is 8.06. The van der Waals surface area contributed by atoms with Crippen molar-refractivity contribution < 1.29 is 14.6 Å². The van der Waals surface area contributed by atoms with Gasteiger partial charge >= 0.3 is 0 Å². The second-order valence-electron chi connectivity index (χ2n) is 4.96. The number of phenols is 1. The van der Waals surface area contributed by atoms with Gasteiger partial charge in [-0.2, -0.15) is 0 Å². The quantitative estimate of drug-likeness (QED) is 0.736. The van der Waals surface area contributed by atoms with Crippen LogP contribution in [0.15, 0.2) is 18.2 Å². The molecule has 1 aromatic rings. The summed E-state index contributed by atoms with van der Waals surface area (Å²) in [7, 11) is 0. The van der Waals surface area contributed by atoms with E-state index >= 15 is 0 Å². The molecule has 0 bridgehead atoms. The van der Waals surface area contributed by atoms with Gasteiger partial charge < -0.3 is 15.5 Å². The van der Waals surface area contributed by atoms with Crippen LogP contribution < -0.4 is 5.32 Å². The normalized spacial score (nSPS) is 19.0. The standard InChI is InChI=1S/C13H18FNO2/c1-9(15-7-13(8-16)4-5-13)11-3-2-10(14)6-12(11)17/h2-3,6,9,15-17H,4-5,7-8H2,1H3. The van der Waals surface area contributed by atoms with Gasteiger partial charge in [0.2, 0.25) is 0 Å². The molecule has 1 fully saturated rings. The zero-order valence-corrected chi connectivity index (χ0v) is 9.91. The minimum Gasteiger partial charge on any atom is -0.508 e. The molecule has 1 aliphatic carbocycles. The van der Waals surface area contributed by atoms with Crippen molar-refractivity contribution in [3.8, 4) is 5.75 Å². The number of benzene rings is 1. The molecule has 17 heavy (non-hydrogen) atoms. The molecule has 3 nitrogen and oxygen atoms in total. The molecule has 1 aromatic carbocycles. The van der Waals surface area contributed by atoms with Crippen LogP contribution >= 0.6 is 0 Å². The van der Waals surface area contributed by atoms with Gasteiger partial charge in [0, 0.05) is 36.2 Å². The summed E-state index contributed by atoms with van der Waals surface area (Å²) in [5.41, 5.74) is 0.712. The average molecular weight is 239 g/mol. The highest BCUT2D eigenvalue weighted by Crippen LogP contribution is 2.44. The van der Waals surface area contributed by atoms with Crippen LogP contribution in [0.3, 0.4) is 0 Å². The smallest absolute Gasteiger partial charge is 0.126 e. The van der Waals surface area contributed by atoms with Crippen molar-refractivity contribution in [2.75, 3.05) is 13.2 Å². The second-order valence-corrected chi connectivity index (χ2v) is 4.96. The zero-order valence-electron chi connectivity index (χ0n) is 9.91. The molecule has 3 N–H and O–H groups in total. The van der Waals surface area contributed by atoms with Gasteiger partial charge in [-0.15, -0.1) is 0 Å². The molecule has 0 aliphatic heterocycles. The van der Waals surface area contributed by atoms with Gasteiger partial charge in [-0.3, -0.25) is 0 Å². The lowest BCUT2D eigenvalue weighted by molar-refractivity contribution is 0.204. The molecule has 0 spiro atoms. The van der Waals surface area contributed by atoms with Crippen LogP contribution in [0.2, 0.25) is 0 Å². The molecule has 1 atom stereocenters. The molecule has 0 aromatic heterocycles. The van der Waals surface area contributed by atoms with Crippen molar-refractivity contribution in [2.24, 2.45) is 5.41 Å². The van der Waals surface area contributed by atoms with E-state index in [-0.39, 0.29) is 23.8 Å². The lowest BCUT2D eigenvalue weighted by Gasteiger charge is -2.19. The fourth-order valence-electron chi connectivity index (χ4n) is 1.93. The first-order valence-electron chi connectivity index (χ1n) is 5.89. The largest absolute Gasteiger partial charge is 0.508 e. The molecule has 1 saturated carbocycles. The Labute approximate surface area is 100 Å². The van der Waals surface area contributed by atoms with Gasteiger partial charge in [-0.25, -0.2) is 4.39 Å².